The molecule has 0 saturated heterocycles. The van der Waals surface area contributed by atoms with Gasteiger partial charge in [0, 0.05) is 6.54 Å². The molecule has 37 heavy (non-hydrogen) atoms. The van der Waals surface area contributed by atoms with Gasteiger partial charge >= 0.3 is 42.3 Å². The van der Waals surface area contributed by atoms with Crippen LogP contribution in [0.3, 0.4) is 0 Å². The number of amides is 1. The van der Waals surface area contributed by atoms with E-state index in [1.54, 1.807) is 0 Å². The second-order valence-corrected chi connectivity index (χ2v) is 8.06. The topological polar surface area (TPSA) is 47.6 Å². The van der Waals surface area contributed by atoms with Crippen LogP contribution in [0.4, 0.5) is 61.5 Å². The van der Waals surface area contributed by atoms with Crippen molar-refractivity contribution in [3.8, 4) is 0 Å². The van der Waals surface area contributed by atoms with E-state index in [1.165, 1.54) is 5.32 Å². The molecule has 0 aliphatic heterocycles. The number of rotatable bonds is 13. The summed E-state index contributed by atoms with van der Waals surface area (Å²) >= 11 is 0. The molecule has 1 amide bonds. The molecule has 0 aromatic heterocycles. The number of carbonyl (C=O) groups excluding carboxylic acids is 1. The zero-order valence-corrected chi connectivity index (χ0v) is 19.5. The van der Waals surface area contributed by atoms with Crippen molar-refractivity contribution in [1.29, 1.82) is 0 Å². The molecule has 0 aromatic rings. The normalized spacial score (nSPS) is 20.4. The van der Waals surface area contributed by atoms with E-state index in [4.69, 9.17) is 0 Å². The average Bonchev–Trinajstić information content (AvgIpc) is 2.73. The van der Waals surface area contributed by atoms with Crippen LogP contribution in [-0.2, 0) is 14.3 Å². The number of carbonyl (C=O) groups is 1. The van der Waals surface area contributed by atoms with Gasteiger partial charge in [0.2, 0.25) is 0 Å². The zero-order valence-electron chi connectivity index (χ0n) is 19.5. The molecule has 4 atom stereocenters. The Morgan fingerprint density at radius 1 is 0.811 bits per heavy atom. The molecule has 4 nitrogen and oxygen atoms in total. The van der Waals surface area contributed by atoms with Crippen LogP contribution < -0.4 is 5.32 Å². The van der Waals surface area contributed by atoms with Gasteiger partial charge in [-0.2, -0.15) is 43.9 Å². The minimum atomic E-state index is -7.07. The Bertz CT molecular complexity index is 817. The first-order valence-corrected chi connectivity index (χ1v) is 10.1. The summed E-state index contributed by atoms with van der Waals surface area (Å²) in [6, 6.07) is 0. The molecule has 220 valence electrons. The highest BCUT2D eigenvalue weighted by Gasteiger charge is 2.84. The van der Waals surface area contributed by atoms with Crippen molar-refractivity contribution < 1.29 is 75.7 Å². The quantitative estimate of drug-likeness (QED) is 0.196. The molecule has 0 fully saturated rings. The van der Waals surface area contributed by atoms with E-state index in [1.807, 2.05) is 0 Å². The van der Waals surface area contributed by atoms with Crippen molar-refractivity contribution in [2.45, 2.75) is 94.1 Å². The lowest BCUT2D eigenvalue weighted by atomic mass is 9.79. The Balaban J connectivity index is 7.22. The maximum atomic E-state index is 15.5. The van der Waals surface area contributed by atoms with Crippen LogP contribution in [0.2, 0.25) is 0 Å². The Labute approximate surface area is 201 Å². The van der Waals surface area contributed by atoms with E-state index < -0.39 is 85.8 Å². The van der Waals surface area contributed by atoms with Gasteiger partial charge < -0.3 is 14.8 Å². The van der Waals surface area contributed by atoms with Gasteiger partial charge in [-0.05, 0) is 26.7 Å². The first kappa shape index (κ1) is 35.2. The van der Waals surface area contributed by atoms with E-state index in [9.17, 15) is 48.7 Å². The van der Waals surface area contributed by atoms with Gasteiger partial charge in [0.25, 0.3) is 5.91 Å². The SMILES string of the molecule is C=CCNC(=O)C(F)(C(F)(F)F)C(C)(CC)OC(F)(F)C(F)(C(F)(F)F)C(C)(CC)OC(F)(F)C(F)F. The molecule has 0 aliphatic rings. The van der Waals surface area contributed by atoms with Crippen molar-refractivity contribution in [1.82, 2.24) is 5.32 Å². The van der Waals surface area contributed by atoms with Crippen LogP contribution in [-0.4, -0.2) is 66.0 Å². The van der Waals surface area contributed by atoms with Gasteiger partial charge in [-0.25, -0.2) is 17.6 Å². The van der Waals surface area contributed by atoms with Crippen LogP contribution in [0.5, 0.6) is 0 Å². The molecular formula is C19H23F14NO3. The second kappa shape index (κ2) is 10.7. The summed E-state index contributed by atoms with van der Waals surface area (Å²) in [5, 5.41) is 1.26. The molecule has 0 bridgehead atoms. The van der Waals surface area contributed by atoms with E-state index in [0.717, 1.165) is 0 Å². The molecule has 0 radical (unpaired) electrons. The number of halogens is 14. The fourth-order valence-electron chi connectivity index (χ4n) is 3.20. The van der Waals surface area contributed by atoms with Gasteiger partial charge in [-0.3, -0.25) is 4.79 Å². The standard InChI is InChI=1S/C19H23F14NO3/c1-6-9-34-11(35)14(22,17(26,27)28)12(4,7-2)37-19(32,33)16(25,18(29,30)31)13(5,8-3)36-15(23,24)10(20)21/h6,10H,1,7-9H2,2-5H3,(H,34,35). The molecule has 0 heterocycles. The first-order valence-electron chi connectivity index (χ1n) is 10.1. The largest absolute Gasteiger partial charge is 0.434 e. The lowest BCUT2D eigenvalue weighted by molar-refractivity contribution is -0.470. The molecule has 1 N–H and O–H groups in total. The summed E-state index contributed by atoms with van der Waals surface area (Å²) in [5.41, 5.74) is -21.3. The van der Waals surface area contributed by atoms with Gasteiger partial charge in [-0.15, -0.1) is 6.58 Å². The minimum Gasteiger partial charge on any atom is -0.349 e. The number of nitrogens with one attached hydrogen (secondary N) is 1. The maximum Gasteiger partial charge on any atom is 0.434 e. The van der Waals surface area contributed by atoms with Gasteiger partial charge in [-0.1, -0.05) is 19.9 Å². The van der Waals surface area contributed by atoms with Gasteiger partial charge in [0.15, 0.2) is 0 Å². The summed E-state index contributed by atoms with van der Waals surface area (Å²) in [7, 11) is 0. The van der Waals surface area contributed by atoms with E-state index in [2.05, 4.69) is 16.1 Å². The highest BCUT2D eigenvalue weighted by Crippen LogP contribution is 2.59. The lowest BCUT2D eigenvalue weighted by Gasteiger charge is -2.50. The number of alkyl halides is 14. The number of hydrogen-bond acceptors (Lipinski definition) is 3. The fourth-order valence-corrected chi connectivity index (χ4v) is 3.20. The van der Waals surface area contributed by atoms with E-state index in [-0.39, 0.29) is 6.92 Å². The van der Waals surface area contributed by atoms with Crippen molar-refractivity contribution >= 4 is 5.91 Å². The third kappa shape index (κ3) is 5.93. The fraction of sp³-hybridized carbons (Fsp3) is 0.842. The molecule has 0 aromatic carbocycles. The van der Waals surface area contributed by atoms with Crippen molar-refractivity contribution in [2.24, 2.45) is 0 Å². The molecule has 0 saturated carbocycles. The molecule has 0 spiro atoms. The highest BCUT2D eigenvalue weighted by molar-refractivity contribution is 5.87. The summed E-state index contributed by atoms with van der Waals surface area (Å²) < 4.78 is 202. The molecule has 4 unspecified atom stereocenters. The highest BCUT2D eigenvalue weighted by atomic mass is 19.4. The second-order valence-electron chi connectivity index (χ2n) is 8.06. The summed E-state index contributed by atoms with van der Waals surface area (Å²) in [4.78, 5) is 12.0. The third-order valence-corrected chi connectivity index (χ3v) is 5.68. The number of ether oxygens (including phenoxy) is 2. The minimum absolute atomic E-state index is 0.253. The third-order valence-electron chi connectivity index (χ3n) is 5.68. The summed E-state index contributed by atoms with van der Waals surface area (Å²) in [6.45, 7) is 2.13. The Hall–Kier alpha value is -1.85. The lowest BCUT2D eigenvalue weighted by Crippen LogP contribution is -2.75. The summed E-state index contributed by atoms with van der Waals surface area (Å²) in [6.07, 6.45) is -34.1. The number of hydrogen-bond donors (Lipinski definition) is 1. The Morgan fingerprint density at radius 2 is 1.24 bits per heavy atom. The van der Waals surface area contributed by atoms with Crippen LogP contribution in [0.25, 0.3) is 0 Å². The van der Waals surface area contributed by atoms with Crippen LogP contribution in [0.15, 0.2) is 12.7 Å². The van der Waals surface area contributed by atoms with Crippen molar-refractivity contribution in [3.63, 3.8) is 0 Å². The monoisotopic (exact) mass is 579 g/mol. The zero-order chi connectivity index (χ0) is 30.1. The van der Waals surface area contributed by atoms with Gasteiger partial charge in [0.05, 0.1) is 0 Å². The van der Waals surface area contributed by atoms with E-state index in [0.29, 0.717) is 19.9 Å². The van der Waals surface area contributed by atoms with Crippen molar-refractivity contribution in [2.75, 3.05) is 6.54 Å². The predicted molar refractivity (Wildman–Crippen MR) is 98.5 cm³/mol. The van der Waals surface area contributed by atoms with E-state index >= 15 is 17.6 Å². The van der Waals surface area contributed by atoms with Crippen LogP contribution >= 0.6 is 0 Å². The predicted octanol–water partition coefficient (Wildman–Crippen LogP) is 6.65. The van der Waals surface area contributed by atoms with Gasteiger partial charge in [0.1, 0.15) is 11.2 Å². The molecule has 18 heteroatoms. The molecule has 0 rings (SSSR count). The van der Waals surface area contributed by atoms with Crippen LogP contribution in [0, 0.1) is 0 Å². The molecular weight excluding hydrogens is 556 g/mol. The molecule has 0 aliphatic carbocycles. The Kier molecular flexibility index (Phi) is 10.2. The summed E-state index contributed by atoms with van der Waals surface area (Å²) in [5.74, 6) is -2.75. The van der Waals surface area contributed by atoms with Crippen molar-refractivity contribution in [3.05, 3.63) is 12.7 Å². The first-order chi connectivity index (χ1) is 16.2. The smallest absolute Gasteiger partial charge is 0.349 e. The van der Waals surface area contributed by atoms with Crippen LogP contribution in [0.1, 0.15) is 40.5 Å². The Morgan fingerprint density at radius 3 is 1.54 bits per heavy atom. The maximum absolute atomic E-state index is 15.5. The average molecular weight is 579 g/mol.